The standard InChI is InChI=1S/C14H23NO3S/c1-14(16,11-19-3)10-15-8-9-18-13-7-5-4-6-12(13)17-2/h4-7,15-16H,8-11H2,1-3H3. The first-order valence-electron chi connectivity index (χ1n) is 6.27. The zero-order valence-corrected chi connectivity index (χ0v) is 12.6. The van der Waals surface area contributed by atoms with Crippen molar-refractivity contribution in [1.82, 2.24) is 5.32 Å². The van der Waals surface area contributed by atoms with E-state index in [1.807, 2.05) is 37.4 Å². The predicted octanol–water partition coefficient (Wildman–Crippen LogP) is 1.78. The van der Waals surface area contributed by atoms with Crippen LogP contribution in [0.5, 0.6) is 11.5 Å². The van der Waals surface area contributed by atoms with Gasteiger partial charge in [-0.25, -0.2) is 0 Å². The summed E-state index contributed by atoms with van der Waals surface area (Å²) in [4.78, 5) is 0. The largest absolute Gasteiger partial charge is 0.493 e. The van der Waals surface area contributed by atoms with Gasteiger partial charge in [-0.2, -0.15) is 11.8 Å². The number of rotatable bonds is 9. The molecule has 0 spiro atoms. The summed E-state index contributed by atoms with van der Waals surface area (Å²) >= 11 is 1.64. The highest BCUT2D eigenvalue weighted by atomic mass is 32.2. The van der Waals surface area contributed by atoms with Crippen molar-refractivity contribution in [1.29, 1.82) is 0 Å². The summed E-state index contributed by atoms with van der Waals surface area (Å²) in [6, 6.07) is 7.56. The van der Waals surface area contributed by atoms with E-state index < -0.39 is 5.60 Å². The van der Waals surface area contributed by atoms with Crippen molar-refractivity contribution < 1.29 is 14.6 Å². The zero-order valence-electron chi connectivity index (χ0n) is 11.8. The molecule has 1 aromatic rings. The molecule has 1 unspecified atom stereocenters. The topological polar surface area (TPSA) is 50.7 Å². The molecule has 0 aliphatic carbocycles. The van der Waals surface area contributed by atoms with Crippen LogP contribution in [0.3, 0.4) is 0 Å². The van der Waals surface area contributed by atoms with Gasteiger partial charge in [0.25, 0.3) is 0 Å². The summed E-state index contributed by atoms with van der Waals surface area (Å²) in [6.45, 7) is 3.61. The van der Waals surface area contributed by atoms with Crippen LogP contribution >= 0.6 is 11.8 Å². The normalized spacial score (nSPS) is 13.9. The number of aliphatic hydroxyl groups is 1. The third-order valence-corrected chi connectivity index (χ3v) is 3.48. The molecule has 4 nitrogen and oxygen atoms in total. The van der Waals surface area contributed by atoms with Crippen LogP contribution < -0.4 is 14.8 Å². The molecule has 0 saturated carbocycles. The molecule has 108 valence electrons. The van der Waals surface area contributed by atoms with Crippen molar-refractivity contribution in [3.05, 3.63) is 24.3 Å². The minimum absolute atomic E-state index is 0.537. The van der Waals surface area contributed by atoms with Crippen LogP contribution in [0.1, 0.15) is 6.92 Å². The molecule has 0 aliphatic rings. The van der Waals surface area contributed by atoms with E-state index in [-0.39, 0.29) is 0 Å². The Morgan fingerprint density at radius 3 is 2.63 bits per heavy atom. The van der Waals surface area contributed by atoms with Gasteiger partial charge in [-0.1, -0.05) is 12.1 Å². The third-order valence-electron chi connectivity index (χ3n) is 2.57. The Labute approximate surface area is 119 Å². The molecule has 5 heteroatoms. The van der Waals surface area contributed by atoms with Crippen LogP contribution in [0, 0.1) is 0 Å². The quantitative estimate of drug-likeness (QED) is 0.677. The lowest BCUT2D eigenvalue weighted by atomic mass is 10.1. The molecule has 1 aromatic carbocycles. The van der Waals surface area contributed by atoms with Gasteiger partial charge >= 0.3 is 0 Å². The monoisotopic (exact) mass is 285 g/mol. The second-order valence-corrected chi connectivity index (χ2v) is 5.47. The van der Waals surface area contributed by atoms with Gasteiger partial charge in [-0.3, -0.25) is 0 Å². The molecular formula is C14H23NO3S. The molecule has 0 radical (unpaired) electrons. The van der Waals surface area contributed by atoms with Gasteiger partial charge in [0.15, 0.2) is 11.5 Å². The molecule has 0 bridgehead atoms. The Balaban J connectivity index is 2.24. The molecule has 0 aromatic heterocycles. The van der Waals surface area contributed by atoms with E-state index in [9.17, 15) is 5.11 Å². The van der Waals surface area contributed by atoms with Crippen molar-refractivity contribution in [3.8, 4) is 11.5 Å². The van der Waals surface area contributed by atoms with Gasteiger partial charge in [-0.15, -0.1) is 0 Å². The maximum absolute atomic E-state index is 9.97. The van der Waals surface area contributed by atoms with Crippen LogP contribution in [0.2, 0.25) is 0 Å². The lowest BCUT2D eigenvalue weighted by molar-refractivity contribution is 0.0839. The lowest BCUT2D eigenvalue weighted by Gasteiger charge is -2.22. The lowest BCUT2D eigenvalue weighted by Crippen LogP contribution is -2.41. The second-order valence-electron chi connectivity index (χ2n) is 4.61. The van der Waals surface area contributed by atoms with Gasteiger partial charge in [0.05, 0.1) is 12.7 Å². The predicted molar refractivity (Wildman–Crippen MR) is 80.4 cm³/mol. The maximum Gasteiger partial charge on any atom is 0.161 e. The number of ether oxygens (including phenoxy) is 2. The van der Waals surface area contributed by atoms with Crippen molar-refractivity contribution in [2.75, 3.05) is 38.8 Å². The summed E-state index contributed by atoms with van der Waals surface area (Å²) in [7, 11) is 1.63. The molecule has 19 heavy (non-hydrogen) atoms. The first-order valence-corrected chi connectivity index (χ1v) is 7.66. The highest BCUT2D eigenvalue weighted by molar-refractivity contribution is 7.98. The van der Waals surface area contributed by atoms with Gasteiger partial charge < -0.3 is 19.9 Å². The number of benzene rings is 1. The zero-order chi connectivity index (χ0) is 14.1. The molecule has 0 fully saturated rings. The van der Waals surface area contributed by atoms with E-state index in [0.717, 1.165) is 11.5 Å². The van der Waals surface area contributed by atoms with Crippen molar-refractivity contribution in [3.63, 3.8) is 0 Å². The SMILES string of the molecule is COc1ccccc1OCCNCC(C)(O)CSC. The molecule has 0 saturated heterocycles. The summed E-state index contributed by atoms with van der Waals surface area (Å²) in [6.07, 6.45) is 1.99. The van der Waals surface area contributed by atoms with E-state index in [1.54, 1.807) is 18.9 Å². The molecule has 0 aliphatic heterocycles. The van der Waals surface area contributed by atoms with Crippen LogP contribution in [-0.4, -0.2) is 49.5 Å². The molecule has 0 amide bonds. The van der Waals surface area contributed by atoms with Crippen LogP contribution in [0.4, 0.5) is 0 Å². The summed E-state index contributed by atoms with van der Waals surface area (Å²) in [5.74, 6) is 2.19. The second kappa shape index (κ2) is 8.30. The average molecular weight is 285 g/mol. The van der Waals surface area contributed by atoms with E-state index in [1.165, 1.54) is 0 Å². The van der Waals surface area contributed by atoms with Crippen molar-refractivity contribution >= 4 is 11.8 Å². The smallest absolute Gasteiger partial charge is 0.161 e. The van der Waals surface area contributed by atoms with Crippen LogP contribution in [0.25, 0.3) is 0 Å². The van der Waals surface area contributed by atoms with Gasteiger partial charge in [-0.05, 0) is 25.3 Å². The van der Waals surface area contributed by atoms with Gasteiger partial charge in [0, 0.05) is 18.8 Å². The number of nitrogens with one attached hydrogen (secondary N) is 1. The molecule has 2 N–H and O–H groups in total. The Bertz CT molecular complexity index is 371. The number of hydrogen-bond acceptors (Lipinski definition) is 5. The molecule has 0 heterocycles. The third kappa shape index (κ3) is 6.18. The number of para-hydroxylation sites is 2. The van der Waals surface area contributed by atoms with Gasteiger partial charge in [0.1, 0.15) is 6.61 Å². The van der Waals surface area contributed by atoms with E-state index in [0.29, 0.717) is 25.4 Å². The van der Waals surface area contributed by atoms with Gasteiger partial charge in [0.2, 0.25) is 0 Å². The van der Waals surface area contributed by atoms with Crippen LogP contribution in [-0.2, 0) is 0 Å². The minimum Gasteiger partial charge on any atom is -0.493 e. The fourth-order valence-corrected chi connectivity index (χ4v) is 2.41. The minimum atomic E-state index is -0.677. The van der Waals surface area contributed by atoms with E-state index in [2.05, 4.69) is 5.32 Å². The first kappa shape index (κ1) is 16.1. The number of methoxy groups -OCH3 is 1. The summed E-state index contributed by atoms with van der Waals surface area (Å²) < 4.78 is 10.8. The Morgan fingerprint density at radius 2 is 2.00 bits per heavy atom. The fourth-order valence-electron chi connectivity index (χ4n) is 1.69. The number of hydrogen-bond donors (Lipinski definition) is 2. The number of thioether (sulfide) groups is 1. The molecule has 1 rings (SSSR count). The average Bonchev–Trinajstić information content (AvgIpc) is 2.38. The highest BCUT2D eigenvalue weighted by Crippen LogP contribution is 2.25. The summed E-state index contributed by atoms with van der Waals surface area (Å²) in [5.41, 5.74) is -0.677. The van der Waals surface area contributed by atoms with Crippen LogP contribution in [0.15, 0.2) is 24.3 Å². The Hall–Kier alpha value is -0.910. The fraction of sp³-hybridized carbons (Fsp3) is 0.571. The summed E-state index contributed by atoms with van der Waals surface area (Å²) in [5, 5.41) is 13.2. The molecular weight excluding hydrogens is 262 g/mol. The van der Waals surface area contributed by atoms with E-state index >= 15 is 0 Å². The Kier molecular flexibility index (Phi) is 7.05. The van der Waals surface area contributed by atoms with Crippen molar-refractivity contribution in [2.24, 2.45) is 0 Å². The maximum atomic E-state index is 9.97. The van der Waals surface area contributed by atoms with Crippen molar-refractivity contribution in [2.45, 2.75) is 12.5 Å². The first-order chi connectivity index (χ1) is 9.09. The highest BCUT2D eigenvalue weighted by Gasteiger charge is 2.18. The van der Waals surface area contributed by atoms with E-state index in [4.69, 9.17) is 9.47 Å². The molecule has 1 atom stereocenters. The Morgan fingerprint density at radius 1 is 1.32 bits per heavy atom.